The second kappa shape index (κ2) is 4.26. The van der Waals surface area contributed by atoms with Crippen LogP contribution in [0.5, 0.6) is 0 Å². The molecule has 0 unspecified atom stereocenters. The summed E-state index contributed by atoms with van der Waals surface area (Å²) >= 11 is 0. The van der Waals surface area contributed by atoms with E-state index in [0.29, 0.717) is 6.61 Å². The van der Waals surface area contributed by atoms with Crippen LogP contribution in [0.1, 0.15) is 5.69 Å². The highest BCUT2D eigenvalue weighted by molar-refractivity contribution is 6.48. The first kappa shape index (κ1) is 8.42. The fourth-order valence-corrected chi connectivity index (χ4v) is 1.24. The molecule has 0 spiro atoms. The number of pyridine rings is 1. The molecule has 0 bridgehead atoms. The Morgan fingerprint density at radius 2 is 2.27 bits per heavy atom. The van der Waals surface area contributed by atoms with Gasteiger partial charge < -0.3 is 4.43 Å². The second-order valence-electron chi connectivity index (χ2n) is 2.68. The van der Waals surface area contributed by atoms with Gasteiger partial charge in [-0.15, -0.1) is 0 Å². The Kier molecular flexibility index (Phi) is 3.26. The molecular weight excluding hydrogens is 154 g/mol. The number of hydrogen-bond donors (Lipinski definition) is 0. The summed E-state index contributed by atoms with van der Waals surface area (Å²) in [5, 5.41) is 0. The van der Waals surface area contributed by atoms with Gasteiger partial charge in [0.05, 0.1) is 12.3 Å². The Bertz CT molecular complexity index is 201. The van der Waals surface area contributed by atoms with Crippen molar-refractivity contribution in [1.82, 2.24) is 4.98 Å². The third-order valence-electron chi connectivity index (χ3n) is 1.29. The van der Waals surface area contributed by atoms with Gasteiger partial charge in [-0.3, -0.25) is 4.98 Å². The molecule has 11 heavy (non-hydrogen) atoms. The second-order valence-corrected chi connectivity index (χ2v) is 5.11. The Morgan fingerprint density at radius 3 is 2.82 bits per heavy atom. The van der Waals surface area contributed by atoms with Gasteiger partial charge in [-0.25, -0.2) is 0 Å². The molecule has 0 aliphatic heterocycles. The molecule has 0 aromatic carbocycles. The summed E-state index contributed by atoms with van der Waals surface area (Å²) in [6.45, 7) is 4.98. The monoisotopic (exact) mass is 167 g/mol. The molecular formula is C8H13NOSi. The average Bonchev–Trinajstić information content (AvgIpc) is 2.03. The quantitative estimate of drug-likeness (QED) is 0.638. The van der Waals surface area contributed by atoms with Gasteiger partial charge in [-0.05, 0) is 25.2 Å². The maximum atomic E-state index is 5.50. The standard InChI is InChI=1S/C8H13NOSi/c1-11(2)10-7-8-5-3-4-6-9-8/h3-6,11H,7H2,1-2H3. The van der Waals surface area contributed by atoms with E-state index in [0.717, 1.165) is 5.69 Å². The molecule has 0 saturated heterocycles. The minimum atomic E-state index is -0.880. The third kappa shape index (κ3) is 3.30. The Labute approximate surface area is 69.0 Å². The average molecular weight is 167 g/mol. The van der Waals surface area contributed by atoms with Crippen LogP contribution in [-0.4, -0.2) is 14.0 Å². The normalized spacial score (nSPS) is 10.5. The van der Waals surface area contributed by atoms with Crippen LogP contribution in [0.3, 0.4) is 0 Å². The van der Waals surface area contributed by atoms with Crippen LogP contribution in [0.25, 0.3) is 0 Å². The highest BCUT2D eigenvalue weighted by Gasteiger charge is 1.96. The molecule has 1 heterocycles. The van der Waals surface area contributed by atoms with Crippen LogP contribution >= 0.6 is 0 Å². The van der Waals surface area contributed by atoms with Crippen molar-refractivity contribution >= 4 is 9.04 Å². The van der Waals surface area contributed by atoms with E-state index in [1.54, 1.807) is 6.20 Å². The van der Waals surface area contributed by atoms with Crippen LogP contribution in [0, 0.1) is 0 Å². The van der Waals surface area contributed by atoms with Crippen LogP contribution in [-0.2, 0) is 11.0 Å². The molecule has 1 rings (SSSR count). The van der Waals surface area contributed by atoms with Gasteiger partial charge in [0.25, 0.3) is 0 Å². The maximum absolute atomic E-state index is 5.50. The molecule has 0 radical (unpaired) electrons. The molecule has 1 aromatic rings. The van der Waals surface area contributed by atoms with Crippen molar-refractivity contribution in [2.75, 3.05) is 0 Å². The fourth-order valence-electron chi connectivity index (χ4n) is 0.736. The smallest absolute Gasteiger partial charge is 0.171 e. The zero-order valence-corrected chi connectivity index (χ0v) is 8.10. The van der Waals surface area contributed by atoms with Crippen molar-refractivity contribution in [3.8, 4) is 0 Å². The zero-order valence-electron chi connectivity index (χ0n) is 6.95. The lowest BCUT2D eigenvalue weighted by atomic mass is 10.4. The van der Waals surface area contributed by atoms with Gasteiger partial charge >= 0.3 is 0 Å². The van der Waals surface area contributed by atoms with E-state index in [4.69, 9.17) is 4.43 Å². The van der Waals surface area contributed by atoms with Crippen molar-refractivity contribution in [1.29, 1.82) is 0 Å². The lowest BCUT2D eigenvalue weighted by Gasteiger charge is -2.04. The van der Waals surface area contributed by atoms with Gasteiger partial charge in [0.15, 0.2) is 9.04 Å². The van der Waals surface area contributed by atoms with Crippen LogP contribution in [0.4, 0.5) is 0 Å². The van der Waals surface area contributed by atoms with E-state index in [-0.39, 0.29) is 0 Å². The van der Waals surface area contributed by atoms with Crippen LogP contribution in [0.15, 0.2) is 24.4 Å². The Balaban J connectivity index is 2.39. The topological polar surface area (TPSA) is 22.1 Å². The number of hydrogen-bond acceptors (Lipinski definition) is 2. The van der Waals surface area contributed by atoms with Crippen molar-refractivity contribution in [2.45, 2.75) is 19.7 Å². The summed E-state index contributed by atoms with van der Waals surface area (Å²) in [5.74, 6) is 0. The summed E-state index contributed by atoms with van der Waals surface area (Å²) in [6, 6.07) is 5.88. The van der Waals surface area contributed by atoms with Crippen molar-refractivity contribution in [3.63, 3.8) is 0 Å². The van der Waals surface area contributed by atoms with E-state index < -0.39 is 9.04 Å². The van der Waals surface area contributed by atoms with E-state index >= 15 is 0 Å². The van der Waals surface area contributed by atoms with Crippen LogP contribution in [0.2, 0.25) is 13.1 Å². The molecule has 1 aromatic heterocycles. The fraction of sp³-hybridized carbons (Fsp3) is 0.375. The minimum Gasteiger partial charge on any atom is -0.415 e. The molecule has 0 amide bonds. The number of aromatic nitrogens is 1. The summed E-state index contributed by atoms with van der Waals surface area (Å²) in [6.07, 6.45) is 1.79. The summed E-state index contributed by atoms with van der Waals surface area (Å²) in [7, 11) is -0.880. The predicted octanol–water partition coefficient (Wildman–Crippen LogP) is 1.58. The first-order valence-corrected chi connectivity index (χ1v) is 6.58. The van der Waals surface area contributed by atoms with Gasteiger partial charge in [-0.2, -0.15) is 0 Å². The van der Waals surface area contributed by atoms with E-state index in [1.807, 2.05) is 18.2 Å². The lowest BCUT2D eigenvalue weighted by Crippen LogP contribution is -2.07. The first-order valence-electron chi connectivity index (χ1n) is 3.80. The van der Waals surface area contributed by atoms with Crippen LogP contribution < -0.4 is 0 Å². The maximum Gasteiger partial charge on any atom is 0.171 e. The lowest BCUT2D eigenvalue weighted by molar-refractivity contribution is 0.309. The molecule has 3 heteroatoms. The molecule has 60 valence electrons. The van der Waals surface area contributed by atoms with E-state index in [1.165, 1.54) is 0 Å². The Hall–Kier alpha value is -0.673. The summed E-state index contributed by atoms with van der Waals surface area (Å²) in [4.78, 5) is 4.15. The van der Waals surface area contributed by atoms with Crippen molar-refractivity contribution in [3.05, 3.63) is 30.1 Å². The Morgan fingerprint density at radius 1 is 1.45 bits per heavy atom. The van der Waals surface area contributed by atoms with E-state index in [2.05, 4.69) is 18.1 Å². The van der Waals surface area contributed by atoms with Gasteiger partial charge in [0, 0.05) is 6.20 Å². The highest BCUT2D eigenvalue weighted by atomic mass is 28.3. The van der Waals surface area contributed by atoms with E-state index in [9.17, 15) is 0 Å². The summed E-state index contributed by atoms with van der Waals surface area (Å²) < 4.78 is 5.50. The van der Waals surface area contributed by atoms with Gasteiger partial charge in [-0.1, -0.05) is 6.07 Å². The zero-order chi connectivity index (χ0) is 8.10. The minimum absolute atomic E-state index is 0.671. The largest absolute Gasteiger partial charge is 0.415 e. The SMILES string of the molecule is C[SiH](C)OCc1ccccn1. The molecule has 0 fully saturated rings. The van der Waals surface area contributed by atoms with Gasteiger partial charge in [0.1, 0.15) is 0 Å². The molecule has 0 atom stereocenters. The number of nitrogens with zero attached hydrogens (tertiary/aromatic N) is 1. The molecule has 0 saturated carbocycles. The summed E-state index contributed by atoms with van der Waals surface area (Å²) in [5.41, 5.74) is 1.02. The molecule has 0 aliphatic rings. The first-order chi connectivity index (χ1) is 5.29. The third-order valence-corrected chi connectivity index (χ3v) is 2.12. The molecule has 0 aliphatic carbocycles. The molecule has 0 N–H and O–H groups in total. The molecule has 2 nitrogen and oxygen atoms in total. The predicted molar refractivity (Wildman–Crippen MR) is 47.9 cm³/mol. The van der Waals surface area contributed by atoms with Gasteiger partial charge in [0.2, 0.25) is 0 Å². The van der Waals surface area contributed by atoms with Crippen molar-refractivity contribution < 1.29 is 4.43 Å². The highest BCUT2D eigenvalue weighted by Crippen LogP contribution is 1.97. The number of rotatable bonds is 3. The van der Waals surface area contributed by atoms with Crippen molar-refractivity contribution in [2.24, 2.45) is 0 Å².